The molecule has 0 saturated carbocycles. The molecule has 3 N–H and O–H groups in total. The molecule has 5 heteroatoms. The molecule has 0 spiro atoms. The van der Waals surface area contributed by atoms with Gasteiger partial charge in [-0.25, -0.2) is 4.79 Å². The molecule has 0 aliphatic carbocycles. The van der Waals surface area contributed by atoms with E-state index in [1.165, 1.54) is 0 Å². The van der Waals surface area contributed by atoms with Crippen molar-refractivity contribution in [1.29, 1.82) is 0 Å². The maximum atomic E-state index is 12.0. The number of nitrogens with one attached hydrogen (secondary N) is 2. The van der Waals surface area contributed by atoms with Crippen molar-refractivity contribution in [3.05, 3.63) is 35.9 Å². The largest absolute Gasteiger partial charge is 0.479 e. The molecule has 0 bridgehead atoms. The highest BCUT2D eigenvalue weighted by atomic mass is 16.4. The van der Waals surface area contributed by atoms with Crippen molar-refractivity contribution in [2.75, 3.05) is 6.54 Å². The van der Waals surface area contributed by atoms with Gasteiger partial charge in [0.15, 0.2) is 6.04 Å². The number of carboxylic acid groups (broad SMARTS) is 1. The summed E-state index contributed by atoms with van der Waals surface area (Å²) in [5.74, 6) is -1.29. The molecule has 1 heterocycles. The average Bonchev–Trinajstić information content (AvgIpc) is 2.46. The lowest BCUT2D eigenvalue weighted by molar-refractivity contribution is -0.142. The van der Waals surface area contributed by atoms with E-state index in [2.05, 4.69) is 10.6 Å². The first kappa shape index (κ1) is 13.5. The molecule has 1 aromatic carbocycles. The van der Waals surface area contributed by atoms with Gasteiger partial charge in [0.25, 0.3) is 0 Å². The predicted octanol–water partition coefficient (Wildman–Crippen LogP) is 1.07. The first-order valence-electron chi connectivity index (χ1n) is 6.50. The lowest BCUT2D eigenvalue weighted by Gasteiger charge is -2.24. The minimum atomic E-state index is -1.05. The van der Waals surface area contributed by atoms with Gasteiger partial charge >= 0.3 is 5.97 Å². The smallest absolute Gasteiger partial charge is 0.330 e. The molecule has 1 fully saturated rings. The van der Waals surface area contributed by atoms with Crippen molar-refractivity contribution < 1.29 is 14.7 Å². The molecular formula is C14H18N2O3. The van der Waals surface area contributed by atoms with Crippen molar-refractivity contribution in [2.45, 2.75) is 31.3 Å². The number of hydrogen-bond acceptors (Lipinski definition) is 3. The summed E-state index contributed by atoms with van der Waals surface area (Å²) < 4.78 is 0. The lowest BCUT2D eigenvalue weighted by atomic mass is 10.0. The Hall–Kier alpha value is -1.88. The van der Waals surface area contributed by atoms with Crippen LogP contribution in [0.1, 0.15) is 30.9 Å². The van der Waals surface area contributed by atoms with Crippen molar-refractivity contribution in [3.8, 4) is 0 Å². The molecule has 1 aliphatic heterocycles. The highest BCUT2D eigenvalue weighted by Crippen LogP contribution is 2.14. The second-order valence-electron chi connectivity index (χ2n) is 4.69. The Bertz CT molecular complexity index is 441. The van der Waals surface area contributed by atoms with Crippen LogP contribution in [0.25, 0.3) is 0 Å². The summed E-state index contributed by atoms with van der Waals surface area (Å²) >= 11 is 0. The number of carbonyl (C=O) groups excluding carboxylic acids is 1. The second-order valence-corrected chi connectivity index (χ2v) is 4.69. The summed E-state index contributed by atoms with van der Waals surface area (Å²) in [7, 11) is 0. The summed E-state index contributed by atoms with van der Waals surface area (Å²) in [5.41, 5.74) is 0.583. The van der Waals surface area contributed by atoms with Crippen LogP contribution in [0.4, 0.5) is 0 Å². The molecule has 1 aliphatic rings. The quantitative estimate of drug-likeness (QED) is 0.758. The molecule has 5 nitrogen and oxygen atoms in total. The Morgan fingerprint density at radius 2 is 2.00 bits per heavy atom. The number of hydrogen-bond donors (Lipinski definition) is 3. The average molecular weight is 262 g/mol. The summed E-state index contributed by atoms with van der Waals surface area (Å²) in [4.78, 5) is 23.3. The van der Waals surface area contributed by atoms with E-state index in [-0.39, 0.29) is 11.9 Å². The molecule has 1 aromatic rings. The van der Waals surface area contributed by atoms with E-state index in [4.69, 9.17) is 0 Å². The number of amides is 1. The third kappa shape index (κ3) is 3.54. The molecule has 19 heavy (non-hydrogen) atoms. The van der Waals surface area contributed by atoms with Crippen LogP contribution in [0.2, 0.25) is 0 Å². The van der Waals surface area contributed by atoms with Crippen LogP contribution in [-0.2, 0) is 9.59 Å². The molecule has 1 saturated heterocycles. The van der Waals surface area contributed by atoms with Crippen molar-refractivity contribution >= 4 is 11.9 Å². The number of rotatable bonds is 4. The van der Waals surface area contributed by atoms with Crippen LogP contribution < -0.4 is 10.6 Å². The normalized spacial score (nSPS) is 20.5. The fraction of sp³-hybridized carbons (Fsp3) is 0.429. The van der Waals surface area contributed by atoms with Crippen LogP contribution in [0.5, 0.6) is 0 Å². The van der Waals surface area contributed by atoms with Gasteiger partial charge in [0.1, 0.15) is 0 Å². The van der Waals surface area contributed by atoms with Crippen molar-refractivity contribution in [2.24, 2.45) is 0 Å². The van der Waals surface area contributed by atoms with E-state index in [9.17, 15) is 14.7 Å². The lowest BCUT2D eigenvalue weighted by Crippen LogP contribution is -2.48. The van der Waals surface area contributed by atoms with E-state index in [1.54, 1.807) is 24.3 Å². The van der Waals surface area contributed by atoms with E-state index in [1.807, 2.05) is 6.07 Å². The predicted molar refractivity (Wildman–Crippen MR) is 70.6 cm³/mol. The first-order chi connectivity index (χ1) is 9.18. The second kappa shape index (κ2) is 6.33. The summed E-state index contributed by atoms with van der Waals surface area (Å²) in [5, 5.41) is 14.9. The van der Waals surface area contributed by atoms with E-state index in [0.29, 0.717) is 5.56 Å². The van der Waals surface area contributed by atoms with Gasteiger partial charge < -0.3 is 15.7 Å². The standard InChI is InChI=1S/C14H18N2O3/c17-13(11-8-4-5-9-15-11)16-12(14(18)19)10-6-2-1-3-7-10/h1-3,6-7,11-12,15H,4-5,8-9H2,(H,16,17)(H,18,19)/t11-,12-/m0/s1. The number of piperidine rings is 1. The molecule has 0 unspecified atom stereocenters. The Kier molecular flexibility index (Phi) is 4.52. The molecule has 102 valence electrons. The minimum Gasteiger partial charge on any atom is -0.479 e. The minimum absolute atomic E-state index is 0.240. The van der Waals surface area contributed by atoms with E-state index < -0.39 is 12.0 Å². The van der Waals surface area contributed by atoms with Crippen LogP contribution >= 0.6 is 0 Å². The SMILES string of the molecule is O=C(N[C@H](C(=O)O)c1ccccc1)[C@@H]1CCCCN1. The molecule has 2 atom stereocenters. The summed E-state index contributed by atoms with van der Waals surface area (Å²) in [6.07, 6.45) is 2.81. The summed E-state index contributed by atoms with van der Waals surface area (Å²) in [6, 6.07) is 7.47. The molecular weight excluding hydrogens is 244 g/mol. The Balaban J connectivity index is 2.04. The highest BCUT2D eigenvalue weighted by Gasteiger charge is 2.27. The van der Waals surface area contributed by atoms with Gasteiger partial charge in [-0.2, -0.15) is 0 Å². The molecule has 0 aromatic heterocycles. The monoisotopic (exact) mass is 262 g/mol. The Morgan fingerprint density at radius 3 is 2.58 bits per heavy atom. The zero-order valence-corrected chi connectivity index (χ0v) is 10.6. The Morgan fingerprint density at radius 1 is 1.26 bits per heavy atom. The number of carboxylic acids is 1. The maximum Gasteiger partial charge on any atom is 0.330 e. The number of aliphatic carboxylic acids is 1. The Labute approximate surface area is 112 Å². The van der Waals surface area contributed by atoms with Crippen molar-refractivity contribution in [3.63, 3.8) is 0 Å². The zero-order valence-electron chi connectivity index (χ0n) is 10.6. The molecule has 0 radical (unpaired) electrons. The third-order valence-corrected chi connectivity index (χ3v) is 3.29. The van der Waals surface area contributed by atoms with Gasteiger partial charge in [0.2, 0.25) is 5.91 Å². The van der Waals surface area contributed by atoms with Crippen LogP contribution in [0.3, 0.4) is 0 Å². The highest BCUT2D eigenvalue weighted by molar-refractivity contribution is 5.87. The first-order valence-corrected chi connectivity index (χ1v) is 6.50. The van der Waals surface area contributed by atoms with Crippen LogP contribution in [0, 0.1) is 0 Å². The number of benzene rings is 1. The fourth-order valence-electron chi connectivity index (χ4n) is 2.25. The maximum absolute atomic E-state index is 12.0. The van der Waals surface area contributed by atoms with Gasteiger partial charge in [-0.15, -0.1) is 0 Å². The van der Waals surface area contributed by atoms with Crippen LogP contribution in [-0.4, -0.2) is 29.6 Å². The van der Waals surface area contributed by atoms with Crippen LogP contribution in [0.15, 0.2) is 30.3 Å². The van der Waals surface area contributed by atoms with Gasteiger partial charge in [0, 0.05) is 0 Å². The number of carbonyl (C=O) groups is 2. The zero-order chi connectivity index (χ0) is 13.7. The van der Waals surface area contributed by atoms with Gasteiger partial charge in [-0.1, -0.05) is 36.8 Å². The summed E-state index contributed by atoms with van der Waals surface area (Å²) in [6.45, 7) is 0.807. The molecule has 1 amide bonds. The topological polar surface area (TPSA) is 78.4 Å². The van der Waals surface area contributed by atoms with E-state index in [0.717, 1.165) is 25.8 Å². The van der Waals surface area contributed by atoms with Gasteiger partial charge in [-0.3, -0.25) is 4.79 Å². The van der Waals surface area contributed by atoms with E-state index >= 15 is 0 Å². The van der Waals surface area contributed by atoms with Gasteiger partial charge in [-0.05, 0) is 24.9 Å². The van der Waals surface area contributed by atoms with Gasteiger partial charge in [0.05, 0.1) is 6.04 Å². The van der Waals surface area contributed by atoms with Crippen molar-refractivity contribution in [1.82, 2.24) is 10.6 Å². The third-order valence-electron chi connectivity index (χ3n) is 3.29. The fourth-order valence-corrected chi connectivity index (χ4v) is 2.25. The molecule has 2 rings (SSSR count).